The van der Waals surface area contributed by atoms with Gasteiger partial charge in [-0.25, -0.2) is 0 Å². The summed E-state index contributed by atoms with van der Waals surface area (Å²) in [4.78, 5) is 12.2. The predicted molar refractivity (Wildman–Crippen MR) is 88.1 cm³/mol. The molecule has 1 aromatic heterocycles. The van der Waals surface area contributed by atoms with Crippen LogP contribution in [0.3, 0.4) is 0 Å². The SMILES string of the molecule is O=C1NCCn2cc(/C(=N/O)c3ccccc3)c3cccc1c32. The third-order valence-electron chi connectivity index (χ3n) is 4.18. The Hall–Kier alpha value is -3.08. The fourth-order valence-electron chi connectivity index (χ4n) is 3.16. The third kappa shape index (κ3) is 2.09. The molecule has 5 heteroatoms. The van der Waals surface area contributed by atoms with Gasteiger partial charge in [-0.3, -0.25) is 4.79 Å². The van der Waals surface area contributed by atoms with Gasteiger partial charge in [0.15, 0.2) is 0 Å². The predicted octanol–water partition coefficient (Wildman–Crippen LogP) is 2.61. The van der Waals surface area contributed by atoms with Crippen LogP contribution in [0, 0.1) is 0 Å². The molecule has 2 aromatic carbocycles. The van der Waals surface area contributed by atoms with Gasteiger partial charge in [0, 0.05) is 35.8 Å². The zero-order chi connectivity index (χ0) is 15.8. The molecule has 2 heterocycles. The number of hydrogen-bond acceptors (Lipinski definition) is 3. The van der Waals surface area contributed by atoms with E-state index in [0.717, 1.165) is 22.0 Å². The largest absolute Gasteiger partial charge is 0.410 e. The Balaban J connectivity index is 1.99. The summed E-state index contributed by atoms with van der Waals surface area (Å²) in [6.07, 6.45) is 1.95. The number of nitrogens with one attached hydrogen (secondary N) is 1. The molecule has 3 aromatic rings. The molecule has 0 unspecified atom stereocenters. The Morgan fingerprint density at radius 3 is 2.74 bits per heavy atom. The topological polar surface area (TPSA) is 66.6 Å². The molecule has 0 bridgehead atoms. The quantitative estimate of drug-likeness (QED) is 0.434. The van der Waals surface area contributed by atoms with E-state index in [1.54, 1.807) is 0 Å². The van der Waals surface area contributed by atoms with Gasteiger partial charge in [0.1, 0.15) is 5.71 Å². The van der Waals surface area contributed by atoms with Crippen LogP contribution >= 0.6 is 0 Å². The highest BCUT2D eigenvalue weighted by Gasteiger charge is 2.22. The van der Waals surface area contributed by atoms with Crippen LogP contribution in [0.25, 0.3) is 10.9 Å². The molecule has 114 valence electrons. The molecule has 0 aliphatic carbocycles. The van der Waals surface area contributed by atoms with Crippen molar-refractivity contribution in [2.45, 2.75) is 6.54 Å². The molecule has 0 radical (unpaired) electrons. The van der Waals surface area contributed by atoms with Crippen LogP contribution in [-0.2, 0) is 6.54 Å². The van der Waals surface area contributed by atoms with Crippen LogP contribution in [0.15, 0.2) is 59.9 Å². The van der Waals surface area contributed by atoms with Crippen molar-refractivity contribution in [3.8, 4) is 0 Å². The fraction of sp³-hybridized carbons (Fsp3) is 0.111. The normalized spacial score (nSPS) is 14.6. The van der Waals surface area contributed by atoms with Crippen molar-refractivity contribution in [2.75, 3.05) is 6.54 Å². The second-order valence-corrected chi connectivity index (χ2v) is 5.51. The molecular weight excluding hydrogens is 290 g/mol. The number of carbonyl (C=O) groups excluding carboxylic acids is 1. The highest BCUT2D eigenvalue weighted by atomic mass is 16.4. The summed E-state index contributed by atoms with van der Waals surface area (Å²) < 4.78 is 2.05. The molecule has 4 rings (SSSR count). The maximum atomic E-state index is 12.2. The van der Waals surface area contributed by atoms with Gasteiger partial charge in [0.25, 0.3) is 5.91 Å². The van der Waals surface area contributed by atoms with Crippen molar-refractivity contribution < 1.29 is 10.0 Å². The van der Waals surface area contributed by atoms with Crippen LogP contribution < -0.4 is 5.32 Å². The average Bonchev–Trinajstić information content (AvgIpc) is 2.87. The van der Waals surface area contributed by atoms with Crippen LogP contribution in [0.1, 0.15) is 21.5 Å². The molecule has 0 saturated carbocycles. The minimum atomic E-state index is -0.0683. The van der Waals surface area contributed by atoms with E-state index in [-0.39, 0.29) is 5.91 Å². The molecule has 5 nitrogen and oxygen atoms in total. The smallest absolute Gasteiger partial charge is 0.253 e. The molecule has 0 atom stereocenters. The highest BCUT2D eigenvalue weighted by Crippen LogP contribution is 2.28. The number of carbonyl (C=O) groups is 1. The van der Waals surface area contributed by atoms with Crippen molar-refractivity contribution in [2.24, 2.45) is 5.16 Å². The minimum absolute atomic E-state index is 0.0683. The number of hydrogen-bond donors (Lipinski definition) is 2. The average molecular weight is 305 g/mol. The van der Waals surface area contributed by atoms with Crippen molar-refractivity contribution in [3.63, 3.8) is 0 Å². The molecule has 0 fully saturated rings. The zero-order valence-corrected chi connectivity index (χ0v) is 12.4. The second-order valence-electron chi connectivity index (χ2n) is 5.51. The standard InChI is InChI=1S/C18H15N3O2/c22-18-14-8-4-7-13-15(11-21(17(13)14)10-9-19-18)16(20-23)12-5-2-1-3-6-12/h1-8,11,23H,9-10H2,(H,19,22)/b20-16+. The highest BCUT2D eigenvalue weighted by molar-refractivity contribution is 6.21. The Morgan fingerprint density at radius 2 is 1.96 bits per heavy atom. The van der Waals surface area contributed by atoms with Crippen LogP contribution in [0.5, 0.6) is 0 Å². The van der Waals surface area contributed by atoms with Gasteiger partial charge in [-0.1, -0.05) is 47.6 Å². The van der Waals surface area contributed by atoms with Gasteiger partial charge in [-0.2, -0.15) is 0 Å². The van der Waals surface area contributed by atoms with E-state index in [2.05, 4.69) is 10.5 Å². The van der Waals surface area contributed by atoms with Crippen LogP contribution in [0.2, 0.25) is 0 Å². The van der Waals surface area contributed by atoms with Crippen molar-refractivity contribution in [1.82, 2.24) is 9.88 Å². The summed E-state index contributed by atoms with van der Waals surface area (Å²) in [6, 6.07) is 15.2. The number of nitrogens with zero attached hydrogens (tertiary/aromatic N) is 2. The van der Waals surface area contributed by atoms with E-state index >= 15 is 0 Å². The molecular formula is C18H15N3O2. The lowest BCUT2D eigenvalue weighted by atomic mass is 10.0. The monoisotopic (exact) mass is 305 g/mol. The van der Waals surface area contributed by atoms with E-state index in [1.807, 2.05) is 59.3 Å². The molecule has 23 heavy (non-hydrogen) atoms. The van der Waals surface area contributed by atoms with E-state index < -0.39 is 0 Å². The maximum absolute atomic E-state index is 12.2. The summed E-state index contributed by atoms with van der Waals surface area (Å²) in [5, 5.41) is 16.9. The Labute approximate surface area is 132 Å². The first-order chi connectivity index (χ1) is 11.3. The first kappa shape index (κ1) is 13.6. The summed E-state index contributed by atoms with van der Waals surface area (Å²) in [5.74, 6) is -0.0683. The Morgan fingerprint density at radius 1 is 1.13 bits per heavy atom. The van der Waals surface area contributed by atoms with E-state index in [1.165, 1.54) is 0 Å². The number of oxime groups is 1. The first-order valence-corrected chi connectivity index (χ1v) is 7.47. The molecule has 1 aliphatic rings. The van der Waals surface area contributed by atoms with Gasteiger partial charge < -0.3 is 15.1 Å². The lowest BCUT2D eigenvalue weighted by Gasteiger charge is -2.05. The van der Waals surface area contributed by atoms with E-state index in [9.17, 15) is 10.0 Å². The molecule has 0 saturated heterocycles. The Kier molecular flexibility index (Phi) is 3.12. The number of para-hydroxylation sites is 1. The van der Waals surface area contributed by atoms with Gasteiger partial charge in [-0.05, 0) is 6.07 Å². The molecule has 0 spiro atoms. The summed E-state index contributed by atoms with van der Waals surface area (Å²) in [5.41, 5.74) is 3.70. The van der Waals surface area contributed by atoms with Crippen LogP contribution in [-0.4, -0.2) is 27.9 Å². The van der Waals surface area contributed by atoms with E-state index in [4.69, 9.17) is 0 Å². The van der Waals surface area contributed by atoms with Gasteiger partial charge in [-0.15, -0.1) is 0 Å². The summed E-state index contributed by atoms with van der Waals surface area (Å²) in [7, 11) is 0. The second kappa shape index (κ2) is 5.28. The summed E-state index contributed by atoms with van der Waals surface area (Å²) in [6.45, 7) is 1.26. The molecule has 1 aliphatic heterocycles. The number of rotatable bonds is 2. The molecule has 2 N–H and O–H groups in total. The van der Waals surface area contributed by atoms with Crippen LogP contribution in [0.4, 0.5) is 0 Å². The zero-order valence-electron chi connectivity index (χ0n) is 12.4. The number of aromatic nitrogens is 1. The van der Waals surface area contributed by atoms with Gasteiger partial charge >= 0.3 is 0 Å². The van der Waals surface area contributed by atoms with Gasteiger partial charge in [0.05, 0.1) is 11.1 Å². The Bertz CT molecular complexity index is 926. The maximum Gasteiger partial charge on any atom is 0.253 e. The van der Waals surface area contributed by atoms with Crippen molar-refractivity contribution in [1.29, 1.82) is 0 Å². The lowest BCUT2D eigenvalue weighted by Crippen LogP contribution is -2.24. The van der Waals surface area contributed by atoms with Crippen molar-refractivity contribution in [3.05, 3.63) is 71.4 Å². The molecule has 1 amide bonds. The first-order valence-electron chi connectivity index (χ1n) is 7.47. The number of amides is 1. The summed E-state index contributed by atoms with van der Waals surface area (Å²) >= 11 is 0. The fourth-order valence-corrected chi connectivity index (χ4v) is 3.16. The third-order valence-corrected chi connectivity index (χ3v) is 4.18. The van der Waals surface area contributed by atoms with E-state index in [0.29, 0.717) is 24.4 Å². The number of benzene rings is 2. The van der Waals surface area contributed by atoms with Gasteiger partial charge in [0.2, 0.25) is 0 Å². The van der Waals surface area contributed by atoms with Crippen molar-refractivity contribution >= 4 is 22.5 Å². The lowest BCUT2D eigenvalue weighted by molar-refractivity contribution is 0.0956. The minimum Gasteiger partial charge on any atom is -0.410 e.